The topological polar surface area (TPSA) is 59.1 Å². The van der Waals surface area contributed by atoms with Crippen LogP contribution in [0.1, 0.15) is 25.8 Å². The van der Waals surface area contributed by atoms with Gasteiger partial charge in [-0.05, 0) is 42.9 Å². The molecule has 194 valence electrons. The van der Waals surface area contributed by atoms with Crippen molar-refractivity contribution in [2.75, 3.05) is 53.0 Å². The van der Waals surface area contributed by atoms with Gasteiger partial charge >= 0.3 is 6.08 Å². The van der Waals surface area contributed by atoms with Gasteiger partial charge < -0.3 is 23.9 Å². The summed E-state index contributed by atoms with van der Waals surface area (Å²) in [4.78, 5) is 2.38. The number of piperazine rings is 1. The van der Waals surface area contributed by atoms with Crippen molar-refractivity contribution in [2.45, 2.75) is 25.8 Å². The highest BCUT2D eigenvalue weighted by Crippen LogP contribution is 2.67. The lowest BCUT2D eigenvalue weighted by Gasteiger charge is -2.35. The molecule has 7 rings (SSSR count). The fourth-order valence-corrected chi connectivity index (χ4v) is 7.26. The van der Waals surface area contributed by atoms with Crippen molar-refractivity contribution in [3.05, 3.63) is 48.6 Å². The zero-order valence-electron chi connectivity index (χ0n) is 21.7. The van der Waals surface area contributed by atoms with Gasteiger partial charge in [-0.15, -0.1) is 0 Å². The average molecular weight is 503 g/mol. The monoisotopic (exact) mass is 502 g/mol. The second kappa shape index (κ2) is 8.69. The molecule has 0 amide bonds. The van der Waals surface area contributed by atoms with Crippen molar-refractivity contribution in [1.29, 1.82) is 0 Å². The average Bonchev–Trinajstić information content (AvgIpc) is 3.61. The number of aliphatic hydroxyl groups is 1. The molecule has 0 spiro atoms. The first-order valence-corrected chi connectivity index (χ1v) is 13.7. The number of ether oxygens (including phenoxy) is 3. The molecule has 37 heavy (non-hydrogen) atoms. The van der Waals surface area contributed by atoms with Gasteiger partial charge in [-0.25, -0.2) is 0 Å². The Hall–Kier alpha value is -3.19. The number of allylic oxidation sites excluding steroid dienone is 2. The zero-order valence-corrected chi connectivity index (χ0v) is 21.7. The largest absolute Gasteiger partial charge is 0.546 e. The maximum absolute atomic E-state index is 9.82. The van der Waals surface area contributed by atoms with Gasteiger partial charge in [0.15, 0.2) is 13.1 Å². The van der Waals surface area contributed by atoms with E-state index in [1.807, 2.05) is 4.58 Å². The Bertz CT molecular complexity index is 1420. The summed E-state index contributed by atoms with van der Waals surface area (Å²) >= 11 is 0. The van der Waals surface area contributed by atoms with Crippen LogP contribution in [0.15, 0.2) is 48.6 Å². The second-order valence-electron chi connectivity index (χ2n) is 11.2. The smallest absolute Gasteiger partial charge is 0.492 e. The molecule has 2 aliphatic carbocycles. The third kappa shape index (κ3) is 3.54. The summed E-state index contributed by atoms with van der Waals surface area (Å²) < 4.78 is 22.3. The van der Waals surface area contributed by atoms with E-state index in [1.165, 1.54) is 41.8 Å². The van der Waals surface area contributed by atoms with Gasteiger partial charge in [0.1, 0.15) is 24.7 Å². The maximum Gasteiger partial charge on any atom is 0.546 e. The molecule has 2 fully saturated rings. The van der Waals surface area contributed by atoms with Crippen molar-refractivity contribution in [3.63, 3.8) is 0 Å². The highest BCUT2D eigenvalue weighted by atomic mass is 16.6. The van der Waals surface area contributed by atoms with Crippen molar-refractivity contribution in [3.8, 4) is 11.5 Å². The van der Waals surface area contributed by atoms with E-state index in [0.29, 0.717) is 12.6 Å². The van der Waals surface area contributed by atoms with Gasteiger partial charge in [0.25, 0.3) is 0 Å². The van der Waals surface area contributed by atoms with E-state index in [9.17, 15) is 5.11 Å². The molecule has 3 heterocycles. The number of nitrogens with zero attached hydrogens (tertiary/aromatic N) is 3. The molecule has 3 aromatic rings. The van der Waals surface area contributed by atoms with E-state index in [2.05, 4.69) is 64.9 Å². The van der Waals surface area contributed by atoms with Gasteiger partial charge in [0.05, 0.1) is 37.3 Å². The van der Waals surface area contributed by atoms with Gasteiger partial charge in [-0.3, -0.25) is 4.90 Å². The molecule has 4 unspecified atom stereocenters. The zero-order chi connectivity index (χ0) is 25.1. The number of aliphatic hydroxyl groups excluding tert-OH is 1. The van der Waals surface area contributed by atoms with Gasteiger partial charge in [-0.1, -0.05) is 37.3 Å². The van der Waals surface area contributed by atoms with E-state index in [-0.39, 0.29) is 11.5 Å². The predicted octanol–water partition coefficient (Wildman–Crippen LogP) is 4.60. The molecule has 4 atom stereocenters. The van der Waals surface area contributed by atoms with Crippen LogP contribution in [0.4, 0.5) is 0 Å². The minimum Gasteiger partial charge on any atom is -0.492 e. The molecule has 4 aliphatic rings. The van der Waals surface area contributed by atoms with Crippen molar-refractivity contribution < 1.29 is 23.9 Å². The Morgan fingerprint density at radius 1 is 1.19 bits per heavy atom. The van der Waals surface area contributed by atoms with Crippen LogP contribution in [-0.4, -0.2) is 78.3 Å². The highest BCUT2D eigenvalue weighted by molar-refractivity contribution is 6.13. The van der Waals surface area contributed by atoms with Crippen LogP contribution in [0.3, 0.4) is 0 Å². The van der Waals surface area contributed by atoms with Crippen molar-refractivity contribution >= 4 is 27.9 Å². The number of rotatable bonds is 5. The number of para-hydroxylation sites is 1. The lowest BCUT2D eigenvalue weighted by Crippen LogP contribution is -2.45. The Morgan fingerprint density at radius 3 is 2.86 bits per heavy atom. The number of benzene rings is 2. The van der Waals surface area contributed by atoms with E-state index < -0.39 is 0 Å². The standard InChI is InChI=1S/C30H35N3O4/c1-20-6-5-11-30(18-22(20)30)26-19-37-25-10-3-7-21-27-23(33(26)28(21)25)8-4-9-24(27)36-17-16-31-12-14-32(15-13-31)29(34)35-2/h3-5,7-11,20,22,26H,6,12-19H2,1-2H3/p+1. The summed E-state index contributed by atoms with van der Waals surface area (Å²) in [5, 5.41) is 12.2. The fourth-order valence-electron chi connectivity index (χ4n) is 7.26. The van der Waals surface area contributed by atoms with Crippen LogP contribution in [-0.2, 0) is 4.74 Å². The maximum atomic E-state index is 9.82. The van der Waals surface area contributed by atoms with Gasteiger partial charge in [-0.2, -0.15) is 4.58 Å². The van der Waals surface area contributed by atoms with E-state index in [1.54, 1.807) is 0 Å². The molecule has 0 radical (unpaired) electrons. The van der Waals surface area contributed by atoms with Gasteiger partial charge in [0, 0.05) is 22.7 Å². The number of hydrogen-bond donors (Lipinski definition) is 1. The first kappa shape index (κ1) is 23.0. The minimum atomic E-state index is 0.00761. The molecule has 1 saturated heterocycles. The Balaban J connectivity index is 1.19. The van der Waals surface area contributed by atoms with Crippen LogP contribution in [0, 0.1) is 17.3 Å². The summed E-state index contributed by atoms with van der Waals surface area (Å²) in [6.45, 7) is 7.84. The summed E-state index contributed by atoms with van der Waals surface area (Å²) in [7, 11) is 1.50. The van der Waals surface area contributed by atoms with Crippen LogP contribution >= 0.6 is 0 Å². The summed E-state index contributed by atoms with van der Waals surface area (Å²) in [5.74, 6) is 3.40. The molecular formula is C30H36N3O4+. The minimum absolute atomic E-state index is 0.00761. The van der Waals surface area contributed by atoms with Crippen LogP contribution < -0.4 is 9.47 Å². The Labute approximate surface area is 217 Å². The fraction of sp³-hybridized carbons (Fsp3) is 0.500. The lowest BCUT2D eigenvalue weighted by atomic mass is 9.82. The Morgan fingerprint density at radius 2 is 2.03 bits per heavy atom. The summed E-state index contributed by atoms with van der Waals surface area (Å²) in [5.41, 5.74) is 2.67. The third-order valence-corrected chi connectivity index (χ3v) is 9.32. The normalized spacial score (nSPS) is 28.7. The third-order valence-electron chi connectivity index (χ3n) is 9.32. The van der Waals surface area contributed by atoms with E-state index in [4.69, 9.17) is 14.2 Å². The lowest BCUT2D eigenvalue weighted by molar-refractivity contribution is -0.555. The first-order chi connectivity index (χ1) is 18.1. The SMILES string of the molecule is COC(O)=[N+]1CCN(CCOc2cccc3c2c2cccc4c2n3C(C23C=CCC(C)C2C3)CO4)CC1. The van der Waals surface area contributed by atoms with Crippen LogP contribution in [0.25, 0.3) is 21.8 Å². The number of aromatic nitrogens is 1. The molecule has 2 aromatic carbocycles. The van der Waals surface area contributed by atoms with Crippen LogP contribution in [0.2, 0.25) is 0 Å². The quantitative estimate of drug-likeness (QED) is 0.314. The number of hydrogen-bond acceptors (Lipinski definition) is 4. The van der Waals surface area contributed by atoms with Crippen LogP contribution in [0.5, 0.6) is 11.5 Å². The van der Waals surface area contributed by atoms with Crippen molar-refractivity contribution in [1.82, 2.24) is 9.47 Å². The molecule has 1 N–H and O–H groups in total. The molecular weight excluding hydrogens is 466 g/mol. The number of methoxy groups -OCH3 is 1. The second-order valence-corrected chi connectivity index (χ2v) is 11.2. The molecule has 1 saturated carbocycles. The Kier molecular flexibility index (Phi) is 5.39. The van der Waals surface area contributed by atoms with E-state index >= 15 is 0 Å². The summed E-state index contributed by atoms with van der Waals surface area (Å²) in [6.07, 6.45) is 7.36. The predicted molar refractivity (Wildman–Crippen MR) is 144 cm³/mol. The first-order valence-electron chi connectivity index (χ1n) is 13.7. The molecule has 0 bridgehead atoms. The van der Waals surface area contributed by atoms with Gasteiger partial charge in [0.2, 0.25) is 0 Å². The molecule has 2 aliphatic heterocycles. The molecule has 7 heteroatoms. The molecule has 7 nitrogen and oxygen atoms in total. The highest BCUT2D eigenvalue weighted by Gasteiger charge is 2.61. The summed E-state index contributed by atoms with van der Waals surface area (Å²) in [6, 6.07) is 13.2. The molecule has 1 aromatic heterocycles. The van der Waals surface area contributed by atoms with E-state index in [0.717, 1.165) is 62.7 Å². The van der Waals surface area contributed by atoms with Crippen molar-refractivity contribution in [2.24, 2.45) is 17.3 Å². The number of fused-ring (bicyclic) bond motifs is 4.